The first kappa shape index (κ1) is 11.7. The van der Waals surface area contributed by atoms with E-state index in [1.54, 1.807) is 0 Å². The molecule has 0 atom stereocenters. The number of halogens is 1. The van der Waals surface area contributed by atoms with Gasteiger partial charge in [-0.3, -0.25) is 4.90 Å². The molecule has 0 bridgehead atoms. The van der Waals surface area contributed by atoms with Crippen molar-refractivity contribution < 1.29 is 0 Å². The molecule has 1 nitrogen and oxygen atoms in total. The minimum Gasteiger partial charge on any atom is -0.292 e. The van der Waals surface area contributed by atoms with Crippen LogP contribution >= 0.6 is 15.9 Å². The van der Waals surface area contributed by atoms with Crippen molar-refractivity contribution in [1.29, 1.82) is 0 Å². The summed E-state index contributed by atoms with van der Waals surface area (Å²) in [4.78, 5) is 2.23. The lowest BCUT2D eigenvalue weighted by Gasteiger charge is -2.12. The van der Waals surface area contributed by atoms with Crippen molar-refractivity contribution in [1.82, 2.24) is 4.90 Å². The maximum absolute atomic E-state index is 3.44. The lowest BCUT2D eigenvalue weighted by atomic mass is 10.1. The number of hydrogen-bond acceptors (Lipinski definition) is 1. The van der Waals surface area contributed by atoms with Gasteiger partial charge >= 0.3 is 0 Å². The topological polar surface area (TPSA) is 3.24 Å². The molecule has 0 N–H and O–H groups in total. The lowest BCUT2D eigenvalue weighted by molar-refractivity contribution is 0.390. The fraction of sp³-hybridized carbons (Fsp3) is 0.500. The number of nitrogens with zero attached hydrogens (tertiary/aromatic N) is 1. The molecule has 0 unspecified atom stereocenters. The van der Waals surface area contributed by atoms with Crippen LogP contribution < -0.4 is 0 Å². The molecule has 0 aliphatic rings. The van der Waals surface area contributed by atoms with Crippen LogP contribution in [0.15, 0.2) is 24.3 Å². The molecule has 0 saturated carbocycles. The molecule has 0 fully saturated rings. The van der Waals surface area contributed by atoms with E-state index in [0.717, 1.165) is 12.0 Å². The van der Waals surface area contributed by atoms with E-state index in [1.807, 2.05) is 0 Å². The monoisotopic (exact) mass is 255 g/mol. The Kier molecular flexibility index (Phi) is 5.20. The molecule has 0 heterocycles. The van der Waals surface area contributed by atoms with E-state index in [2.05, 4.69) is 59.1 Å². The molecule has 0 amide bonds. The maximum Gasteiger partial charge on any atom is 0.0542 e. The molecule has 1 aromatic carbocycles. The van der Waals surface area contributed by atoms with Gasteiger partial charge in [0.25, 0.3) is 0 Å². The van der Waals surface area contributed by atoms with Gasteiger partial charge in [-0.1, -0.05) is 53.5 Å². The van der Waals surface area contributed by atoms with Gasteiger partial charge in [-0.2, -0.15) is 0 Å². The molecule has 0 aliphatic carbocycles. The third-order valence-corrected chi connectivity index (χ3v) is 3.07. The molecule has 0 aliphatic heterocycles. The lowest BCUT2D eigenvalue weighted by Crippen LogP contribution is -2.14. The van der Waals surface area contributed by atoms with Crippen molar-refractivity contribution in [2.75, 3.05) is 12.5 Å². The van der Waals surface area contributed by atoms with Crippen LogP contribution in [0.2, 0.25) is 0 Å². The van der Waals surface area contributed by atoms with E-state index in [-0.39, 0.29) is 0 Å². The summed E-state index contributed by atoms with van der Waals surface area (Å²) in [6.07, 6.45) is 2.41. The van der Waals surface area contributed by atoms with E-state index in [1.165, 1.54) is 24.0 Å². The average Bonchev–Trinajstić information content (AvgIpc) is 2.21. The molecule has 2 heteroatoms. The van der Waals surface area contributed by atoms with Crippen LogP contribution in [-0.4, -0.2) is 17.4 Å². The highest BCUT2D eigenvalue weighted by atomic mass is 79.9. The SMILES string of the molecule is CCCc1ccc(CN(C)CBr)cc1. The van der Waals surface area contributed by atoms with Crippen LogP contribution in [0.5, 0.6) is 0 Å². The highest BCUT2D eigenvalue weighted by molar-refractivity contribution is 9.09. The van der Waals surface area contributed by atoms with E-state index >= 15 is 0 Å². The van der Waals surface area contributed by atoms with Gasteiger partial charge in [-0.15, -0.1) is 0 Å². The Labute approximate surface area is 95.2 Å². The van der Waals surface area contributed by atoms with Crippen LogP contribution in [0.1, 0.15) is 24.5 Å². The predicted molar refractivity (Wildman–Crippen MR) is 65.7 cm³/mol. The molecule has 14 heavy (non-hydrogen) atoms. The standard InChI is InChI=1S/C12H18BrN/c1-3-4-11-5-7-12(8-6-11)9-14(2)10-13/h5-8H,3-4,9-10H2,1-2H3. The van der Waals surface area contributed by atoms with Gasteiger partial charge in [0.15, 0.2) is 0 Å². The predicted octanol–water partition coefficient (Wildman–Crippen LogP) is 3.42. The summed E-state index contributed by atoms with van der Waals surface area (Å²) in [6, 6.07) is 8.93. The first-order valence-corrected chi connectivity index (χ1v) is 6.20. The maximum atomic E-state index is 3.44. The minimum absolute atomic E-state index is 0.920. The van der Waals surface area contributed by atoms with Crippen LogP contribution in [0.4, 0.5) is 0 Å². The summed E-state index contributed by atoms with van der Waals surface area (Å²) in [5.74, 6) is 0. The average molecular weight is 256 g/mol. The van der Waals surface area contributed by atoms with Crippen molar-refractivity contribution in [3.05, 3.63) is 35.4 Å². The van der Waals surface area contributed by atoms with E-state index in [0.29, 0.717) is 0 Å². The van der Waals surface area contributed by atoms with Gasteiger partial charge in [0.2, 0.25) is 0 Å². The van der Waals surface area contributed by atoms with Crippen LogP contribution in [0.25, 0.3) is 0 Å². The molecular formula is C12H18BrN. The Morgan fingerprint density at radius 3 is 2.21 bits per heavy atom. The molecule has 78 valence electrons. The van der Waals surface area contributed by atoms with Crippen LogP contribution in [-0.2, 0) is 13.0 Å². The molecule has 0 spiro atoms. The quantitative estimate of drug-likeness (QED) is 0.576. The van der Waals surface area contributed by atoms with Gasteiger partial charge in [-0.05, 0) is 24.6 Å². The molecule has 1 aromatic rings. The molecule has 0 saturated heterocycles. The van der Waals surface area contributed by atoms with Gasteiger partial charge < -0.3 is 0 Å². The van der Waals surface area contributed by atoms with Crippen molar-refractivity contribution in [2.24, 2.45) is 0 Å². The zero-order valence-corrected chi connectivity index (χ0v) is 10.5. The molecule has 0 aromatic heterocycles. The van der Waals surface area contributed by atoms with Crippen molar-refractivity contribution in [3.8, 4) is 0 Å². The summed E-state index contributed by atoms with van der Waals surface area (Å²) in [5, 5.41) is 0. The number of alkyl halides is 1. The summed E-state index contributed by atoms with van der Waals surface area (Å²) in [6.45, 7) is 3.23. The highest BCUT2D eigenvalue weighted by Gasteiger charge is 1.98. The Hall–Kier alpha value is -0.340. The normalized spacial score (nSPS) is 10.9. The third-order valence-electron chi connectivity index (χ3n) is 2.22. The molecular weight excluding hydrogens is 238 g/mol. The summed E-state index contributed by atoms with van der Waals surface area (Å²) >= 11 is 3.44. The van der Waals surface area contributed by atoms with Crippen LogP contribution in [0.3, 0.4) is 0 Å². The second kappa shape index (κ2) is 6.20. The first-order valence-electron chi connectivity index (χ1n) is 5.08. The second-order valence-corrected chi connectivity index (χ2v) is 4.20. The number of rotatable bonds is 5. The second-order valence-electron chi connectivity index (χ2n) is 3.70. The smallest absolute Gasteiger partial charge is 0.0542 e. The molecule has 0 radical (unpaired) electrons. The van der Waals surface area contributed by atoms with Crippen LogP contribution in [0, 0.1) is 0 Å². The van der Waals surface area contributed by atoms with Crippen molar-refractivity contribution in [3.63, 3.8) is 0 Å². The number of benzene rings is 1. The molecule has 1 rings (SSSR count). The largest absolute Gasteiger partial charge is 0.292 e. The van der Waals surface area contributed by atoms with Crippen molar-refractivity contribution in [2.45, 2.75) is 26.3 Å². The minimum atomic E-state index is 0.920. The zero-order chi connectivity index (χ0) is 10.4. The number of aryl methyl sites for hydroxylation is 1. The van der Waals surface area contributed by atoms with E-state index in [4.69, 9.17) is 0 Å². The first-order chi connectivity index (χ1) is 6.76. The number of hydrogen-bond donors (Lipinski definition) is 0. The van der Waals surface area contributed by atoms with Crippen molar-refractivity contribution >= 4 is 15.9 Å². The zero-order valence-electron chi connectivity index (χ0n) is 8.96. The third kappa shape index (κ3) is 3.81. The Morgan fingerprint density at radius 2 is 1.71 bits per heavy atom. The van der Waals surface area contributed by atoms with Gasteiger partial charge in [0.05, 0.1) is 5.45 Å². The summed E-state index contributed by atoms with van der Waals surface area (Å²) in [7, 11) is 2.11. The Morgan fingerprint density at radius 1 is 1.14 bits per heavy atom. The fourth-order valence-corrected chi connectivity index (χ4v) is 1.63. The van der Waals surface area contributed by atoms with E-state index in [9.17, 15) is 0 Å². The van der Waals surface area contributed by atoms with Gasteiger partial charge in [0, 0.05) is 6.54 Å². The Balaban J connectivity index is 2.54. The highest BCUT2D eigenvalue weighted by Crippen LogP contribution is 2.08. The summed E-state index contributed by atoms with van der Waals surface area (Å²) in [5.41, 5.74) is 3.74. The van der Waals surface area contributed by atoms with E-state index < -0.39 is 0 Å². The fourth-order valence-electron chi connectivity index (χ4n) is 1.45. The van der Waals surface area contributed by atoms with Gasteiger partial charge in [-0.25, -0.2) is 0 Å². The Bertz CT molecular complexity index is 256. The van der Waals surface area contributed by atoms with Gasteiger partial charge in [0.1, 0.15) is 0 Å². The summed E-state index contributed by atoms with van der Waals surface area (Å²) < 4.78 is 0.